The number of hydrogen-bond acceptors (Lipinski definition) is 6. The Hall–Kier alpha value is -2.41. The summed E-state index contributed by atoms with van der Waals surface area (Å²) in [5, 5.41) is 10.0. The van der Waals surface area contributed by atoms with E-state index in [0.29, 0.717) is 41.2 Å². The second-order valence-electron chi connectivity index (χ2n) is 9.61. The Balaban J connectivity index is 1.87. The van der Waals surface area contributed by atoms with Gasteiger partial charge in [-0.3, -0.25) is 0 Å². The SMILES string of the molecule is C=CCOc1cc(Cl)c(Cl)cc1[C@H](N[S+]([O-])C(C)(C)C)C1CCN(C(=NC#N)Oc2ccccc2)CC1. The molecule has 0 saturated carbocycles. The van der Waals surface area contributed by atoms with Crippen molar-refractivity contribution in [3.63, 3.8) is 0 Å². The lowest BCUT2D eigenvalue weighted by Crippen LogP contribution is -2.47. The van der Waals surface area contributed by atoms with Gasteiger partial charge in [-0.25, -0.2) is 0 Å². The van der Waals surface area contributed by atoms with E-state index in [1.54, 1.807) is 18.2 Å². The topological polar surface area (TPSA) is 92.9 Å². The zero-order valence-electron chi connectivity index (χ0n) is 21.2. The van der Waals surface area contributed by atoms with Crippen molar-refractivity contribution in [1.82, 2.24) is 9.62 Å². The fourth-order valence-electron chi connectivity index (χ4n) is 3.99. The van der Waals surface area contributed by atoms with Crippen LogP contribution in [0.4, 0.5) is 0 Å². The zero-order valence-corrected chi connectivity index (χ0v) is 23.6. The van der Waals surface area contributed by atoms with Gasteiger partial charge in [0.1, 0.15) is 22.9 Å². The third kappa shape index (κ3) is 8.03. The normalized spacial score (nSPS) is 16.6. The third-order valence-corrected chi connectivity index (χ3v) is 8.22. The molecule has 0 aromatic heterocycles. The van der Waals surface area contributed by atoms with Gasteiger partial charge in [0.05, 0.1) is 16.1 Å². The average Bonchev–Trinajstić information content (AvgIpc) is 2.87. The summed E-state index contributed by atoms with van der Waals surface area (Å²) in [7, 11) is 0. The summed E-state index contributed by atoms with van der Waals surface area (Å²) >= 11 is 11.4. The molecule has 198 valence electrons. The van der Waals surface area contributed by atoms with E-state index in [-0.39, 0.29) is 18.0 Å². The minimum Gasteiger partial charge on any atom is -0.598 e. The molecule has 0 spiro atoms. The monoisotopic (exact) mass is 562 g/mol. The first-order valence-corrected chi connectivity index (χ1v) is 13.9. The number of nitriles is 1. The van der Waals surface area contributed by atoms with E-state index in [1.165, 1.54) is 0 Å². The molecule has 2 aromatic carbocycles. The van der Waals surface area contributed by atoms with Crippen molar-refractivity contribution in [1.29, 1.82) is 5.26 Å². The maximum atomic E-state index is 13.2. The molecule has 1 unspecified atom stereocenters. The summed E-state index contributed by atoms with van der Waals surface area (Å²) < 4.78 is 27.9. The molecule has 10 heteroatoms. The van der Waals surface area contributed by atoms with Crippen LogP contribution in [0.3, 0.4) is 0 Å². The fraction of sp³-hybridized carbons (Fsp3) is 0.407. The molecule has 0 amide bonds. The smallest absolute Gasteiger partial charge is 0.308 e. The van der Waals surface area contributed by atoms with Crippen LogP contribution < -0.4 is 14.2 Å². The highest BCUT2D eigenvalue weighted by Gasteiger charge is 2.37. The minimum absolute atomic E-state index is 0.0888. The number of piperidine rings is 1. The molecule has 1 heterocycles. The number of amidine groups is 1. The highest BCUT2D eigenvalue weighted by Crippen LogP contribution is 2.41. The van der Waals surface area contributed by atoms with E-state index >= 15 is 0 Å². The van der Waals surface area contributed by atoms with E-state index in [2.05, 4.69) is 16.3 Å². The lowest BCUT2D eigenvalue weighted by molar-refractivity contribution is 0.207. The van der Waals surface area contributed by atoms with Crippen molar-refractivity contribution in [2.24, 2.45) is 10.9 Å². The molecular formula is C27H32Cl2N4O3S. The molecule has 0 aliphatic carbocycles. The number of rotatable bonds is 8. The Bertz CT molecular complexity index is 1130. The van der Waals surface area contributed by atoms with Gasteiger partial charge >= 0.3 is 6.02 Å². The molecule has 2 atom stereocenters. The summed E-state index contributed by atoms with van der Waals surface area (Å²) in [5.74, 6) is 1.27. The fourth-order valence-corrected chi connectivity index (χ4v) is 5.21. The Morgan fingerprint density at radius 3 is 2.51 bits per heavy atom. The van der Waals surface area contributed by atoms with Gasteiger partial charge in [0.15, 0.2) is 0 Å². The van der Waals surface area contributed by atoms with Crippen molar-refractivity contribution < 1.29 is 14.0 Å². The number of halogens is 2. The van der Waals surface area contributed by atoms with E-state index in [9.17, 15) is 9.81 Å². The Morgan fingerprint density at radius 1 is 1.27 bits per heavy atom. The minimum atomic E-state index is -1.35. The largest absolute Gasteiger partial charge is 0.598 e. The molecular weight excluding hydrogens is 531 g/mol. The molecule has 1 N–H and O–H groups in total. The molecule has 2 aromatic rings. The second kappa shape index (κ2) is 13.4. The predicted molar refractivity (Wildman–Crippen MR) is 150 cm³/mol. The summed E-state index contributed by atoms with van der Waals surface area (Å²) in [5.41, 5.74) is 0.791. The van der Waals surface area contributed by atoms with Crippen LogP contribution >= 0.6 is 23.2 Å². The molecule has 1 saturated heterocycles. The number of ether oxygens (including phenoxy) is 2. The van der Waals surface area contributed by atoms with Crippen LogP contribution in [-0.4, -0.2) is 39.9 Å². The van der Waals surface area contributed by atoms with Crippen molar-refractivity contribution in [3.05, 3.63) is 70.7 Å². The van der Waals surface area contributed by atoms with E-state index in [1.807, 2.05) is 62.2 Å². The summed E-state index contributed by atoms with van der Waals surface area (Å²) in [6.45, 7) is 11.0. The first-order chi connectivity index (χ1) is 17.6. The van der Waals surface area contributed by atoms with Crippen molar-refractivity contribution in [2.75, 3.05) is 19.7 Å². The molecule has 0 radical (unpaired) electrons. The van der Waals surface area contributed by atoms with Crippen molar-refractivity contribution in [3.8, 4) is 17.7 Å². The van der Waals surface area contributed by atoms with Gasteiger partial charge in [-0.15, -0.1) is 9.71 Å². The molecule has 3 rings (SSSR count). The van der Waals surface area contributed by atoms with Gasteiger partial charge in [-0.05, 0) is 57.7 Å². The average molecular weight is 564 g/mol. The Labute approximate surface area is 232 Å². The number of benzene rings is 2. The number of nitrogens with zero attached hydrogens (tertiary/aromatic N) is 3. The van der Waals surface area contributed by atoms with Crippen LogP contribution in [0.1, 0.15) is 45.2 Å². The van der Waals surface area contributed by atoms with Crippen LogP contribution in [0.25, 0.3) is 0 Å². The van der Waals surface area contributed by atoms with Gasteiger partial charge in [-0.2, -0.15) is 5.26 Å². The number of nitrogens with one attached hydrogen (secondary N) is 1. The van der Waals surface area contributed by atoms with E-state index in [4.69, 9.17) is 32.7 Å². The molecule has 37 heavy (non-hydrogen) atoms. The summed E-state index contributed by atoms with van der Waals surface area (Å²) in [4.78, 5) is 5.87. The predicted octanol–water partition coefficient (Wildman–Crippen LogP) is 6.28. The summed E-state index contributed by atoms with van der Waals surface area (Å²) in [6, 6.07) is 12.7. The lowest BCUT2D eigenvalue weighted by Gasteiger charge is -2.38. The molecule has 1 aliphatic heterocycles. The zero-order chi connectivity index (χ0) is 27.0. The second-order valence-corrected chi connectivity index (χ2v) is 12.4. The van der Waals surface area contributed by atoms with Gasteiger partial charge in [0.25, 0.3) is 0 Å². The number of para-hydroxylation sites is 1. The van der Waals surface area contributed by atoms with Crippen LogP contribution in [0.5, 0.6) is 11.5 Å². The Kier molecular flexibility index (Phi) is 10.6. The van der Waals surface area contributed by atoms with Gasteiger partial charge in [0, 0.05) is 36.1 Å². The van der Waals surface area contributed by atoms with Crippen molar-refractivity contribution >= 4 is 40.6 Å². The molecule has 0 bridgehead atoms. The Morgan fingerprint density at radius 2 is 1.92 bits per heavy atom. The standard InChI is InChI=1S/C27H32Cl2N4O3S/c1-5-15-35-24-17-23(29)22(28)16-21(24)25(32-37(34)27(2,3)4)19-11-13-33(14-12-19)26(31-18-30)36-20-9-7-6-8-10-20/h5-10,16-17,19,25,32H,1,11-15H2,2-4H3/t25-,37?/m1/s1. The number of likely N-dealkylation sites (tertiary alicyclic amines) is 1. The highest BCUT2D eigenvalue weighted by molar-refractivity contribution is 7.90. The molecule has 1 aliphatic rings. The lowest BCUT2D eigenvalue weighted by atomic mass is 9.85. The quantitative estimate of drug-likeness (QED) is 0.134. The molecule has 7 nitrogen and oxygen atoms in total. The van der Waals surface area contributed by atoms with Crippen molar-refractivity contribution in [2.45, 2.75) is 44.4 Å². The van der Waals surface area contributed by atoms with Gasteiger partial charge < -0.3 is 18.9 Å². The first kappa shape index (κ1) is 29.2. The maximum Gasteiger partial charge on any atom is 0.308 e. The van der Waals surface area contributed by atoms with Crippen LogP contribution in [0, 0.1) is 17.4 Å². The van der Waals surface area contributed by atoms with E-state index in [0.717, 1.165) is 18.4 Å². The summed E-state index contributed by atoms with van der Waals surface area (Å²) in [6.07, 6.45) is 4.95. The maximum absolute atomic E-state index is 13.2. The van der Waals surface area contributed by atoms with Crippen LogP contribution in [0.2, 0.25) is 10.0 Å². The third-order valence-electron chi connectivity index (χ3n) is 5.91. The number of aliphatic imine (C=N–C) groups is 1. The van der Waals surface area contributed by atoms with Gasteiger partial charge in [-0.1, -0.05) is 54.1 Å². The number of hydrogen-bond donors (Lipinski definition) is 1. The van der Waals surface area contributed by atoms with Gasteiger partial charge in [0.2, 0.25) is 6.19 Å². The first-order valence-electron chi connectivity index (χ1n) is 12.0. The molecule has 1 fully saturated rings. The van der Waals surface area contributed by atoms with Crippen LogP contribution in [-0.2, 0) is 11.4 Å². The van der Waals surface area contributed by atoms with E-state index < -0.39 is 16.1 Å². The highest BCUT2D eigenvalue weighted by atomic mass is 35.5. The van der Waals surface area contributed by atoms with Crippen LogP contribution in [0.15, 0.2) is 60.1 Å².